The van der Waals surface area contributed by atoms with E-state index in [2.05, 4.69) is 5.32 Å². The average Bonchev–Trinajstić information content (AvgIpc) is 2.64. The quantitative estimate of drug-likeness (QED) is 0.799. The molecule has 6 nitrogen and oxygen atoms in total. The summed E-state index contributed by atoms with van der Waals surface area (Å²) in [4.78, 5) is 23.8. The number of nitrogens with one attached hydrogen (secondary N) is 1. The van der Waals surface area contributed by atoms with Gasteiger partial charge in [0.25, 0.3) is 0 Å². The highest BCUT2D eigenvalue weighted by atomic mass is 16.6. The molecule has 0 aliphatic heterocycles. The van der Waals surface area contributed by atoms with Gasteiger partial charge in [0.05, 0.1) is 19.8 Å². The fourth-order valence-electron chi connectivity index (χ4n) is 2.54. The molecule has 0 spiro atoms. The van der Waals surface area contributed by atoms with E-state index in [1.165, 1.54) is 7.11 Å². The molecule has 1 amide bonds. The van der Waals surface area contributed by atoms with Gasteiger partial charge in [-0.1, -0.05) is 18.2 Å². The minimum absolute atomic E-state index is 0.254. The number of hydrogen-bond donors (Lipinski definition) is 1. The van der Waals surface area contributed by atoms with Crippen LogP contribution in [0.15, 0.2) is 42.5 Å². The van der Waals surface area contributed by atoms with Crippen molar-refractivity contribution >= 4 is 12.1 Å². The maximum Gasteiger partial charge on any atom is 0.407 e. The van der Waals surface area contributed by atoms with Crippen molar-refractivity contribution in [3.05, 3.63) is 53.6 Å². The lowest BCUT2D eigenvalue weighted by molar-refractivity contribution is 0.0522. The van der Waals surface area contributed by atoms with Gasteiger partial charge in [-0.3, -0.25) is 0 Å². The van der Waals surface area contributed by atoms with Crippen LogP contribution < -0.4 is 10.1 Å². The molecule has 0 heterocycles. The highest BCUT2D eigenvalue weighted by molar-refractivity contribution is 5.91. The Labute approximate surface area is 159 Å². The summed E-state index contributed by atoms with van der Waals surface area (Å²) < 4.78 is 15.4. The van der Waals surface area contributed by atoms with Crippen LogP contribution in [0.5, 0.6) is 5.75 Å². The molecule has 2 rings (SSSR count). The van der Waals surface area contributed by atoms with E-state index in [4.69, 9.17) is 14.2 Å². The Morgan fingerprint density at radius 1 is 1.04 bits per heavy atom. The normalized spacial score (nSPS) is 10.9. The SMILES string of the molecule is COC(=O)c1cccc(-c2ccc(OC)cc2CNC(=O)OC(C)(C)C)c1. The summed E-state index contributed by atoms with van der Waals surface area (Å²) in [5.74, 6) is 0.266. The zero-order chi connectivity index (χ0) is 20.0. The van der Waals surface area contributed by atoms with E-state index in [1.54, 1.807) is 25.3 Å². The topological polar surface area (TPSA) is 73.9 Å². The molecule has 27 heavy (non-hydrogen) atoms. The molecule has 0 aliphatic carbocycles. The minimum atomic E-state index is -0.573. The first-order valence-corrected chi connectivity index (χ1v) is 8.56. The summed E-state index contributed by atoms with van der Waals surface area (Å²) in [6.45, 7) is 5.68. The molecule has 0 bridgehead atoms. The van der Waals surface area contributed by atoms with Crippen LogP contribution in [0.4, 0.5) is 4.79 Å². The van der Waals surface area contributed by atoms with Crippen LogP contribution in [-0.2, 0) is 16.0 Å². The lowest BCUT2D eigenvalue weighted by Gasteiger charge is -2.20. The molecule has 0 unspecified atom stereocenters. The van der Waals surface area contributed by atoms with Crippen molar-refractivity contribution in [2.45, 2.75) is 32.9 Å². The molecular formula is C21H25NO5. The summed E-state index contributed by atoms with van der Waals surface area (Å²) in [7, 11) is 2.93. The highest BCUT2D eigenvalue weighted by Crippen LogP contribution is 2.28. The third-order valence-electron chi connectivity index (χ3n) is 3.73. The average molecular weight is 371 g/mol. The number of carbonyl (C=O) groups excluding carboxylic acids is 2. The monoisotopic (exact) mass is 371 g/mol. The van der Waals surface area contributed by atoms with Crippen molar-refractivity contribution < 1.29 is 23.8 Å². The number of carbonyl (C=O) groups is 2. The zero-order valence-electron chi connectivity index (χ0n) is 16.3. The van der Waals surface area contributed by atoms with E-state index in [-0.39, 0.29) is 6.54 Å². The Hall–Kier alpha value is -3.02. The fourth-order valence-corrected chi connectivity index (χ4v) is 2.54. The van der Waals surface area contributed by atoms with Gasteiger partial charge >= 0.3 is 12.1 Å². The fraction of sp³-hybridized carbons (Fsp3) is 0.333. The molecule has 0 fully saturated rings. The molecule has 0 aliphatic rings. The van der Waals surface area contributed by atoms with Crippen LogP contribution >= 0.6 is 0 Å². The van der Waals surface area contributed by atoms with E-state index in [0.29, 0.717) is 11.3 Å². The minimum Gasteiger partial charge on any atom is -0.497 e. The Bertz CT molecular complexity index is 824. The zero-order valence-corrected chi connectivity index (χ0v) is 16.3. The Morgan fingerprint density at radius 3 is 2.41 bits per heavy atom. The maximum absolute atomic E-state index is 12.0. The van der Waals surface area contributed by atoms with E-state index in [0.717, 1.165) is 16.7 Å². The van der Waals surface area contributed by atoms with Crippen molar-refractivity contribution in [1.82, 2.24) is 5.32 Å². The Balaban J connectivity index is 2.32. The molecule has 0 aromatic heterocycles. The van der Waals surface area contributed by atoms with Crippen molar-refractivity contribution in [3.63, 3.8) is 0 Å². The first kappa shape index (κ1) is 20.3. The molecule has 1 N–H and O–H groups in total. The standard InChI is InChI=1S/C21H25NO5/c1-21(2,3)27-20(24)22-13-16-12-17(25-4)9-10-18(16)14-7-6-8-15(11-14)19(23)26-5/h6-12H,13H2,1-5H3,(H,22,24). The number of amides is 1. The molecule has 0 saturated heterocycles. The van der Waals surface area contributed by atoms with Crippen LogP contribution in [0.25, 0.3) is 11.1 Å². The summed E-state index contributed by atoms with van der Waals surface area (Å²) in [5, 5.41) is 2.76. The van der Waals surface area contributed by atoms with Crippen LogP contribution in [0.3, 0.4) is 0 Å². The van der Waals surface area contributed by atoms with Gasteiger partial charge in [0.15, 0.2) is 0 Å². The number of methoxy groups -OCH3 is 2. The molecular weight excluding hydrogens is 346 g/mol. The largest absolute Gasteiger partial charge is 0.497 e. The Kier molecular flexibility index (Phi) is 6.45. The smallest absolute Gasteiger partial charge is 0.407 e. The van der Waals surface area contributed by atoms with E-state index < -0.39 is 17.7 Å². The van der Waals surface area contributed by atoms with Gasteiger partial charge in [-0.25, -0.2) is 9.59 Å². The van der Waals surface area contributed by atoms with Crippen LogP contribution in [0.2, 0.25) is 0 Å². The van der Waals surface area contributed by atoms with E-state index in [1.807, 2.05) is 45.0 Å². The highest BCUT2D eigenvalue weighted by Gasteiger charge is 2.17. The number of rotatable bonds is 5. The van der Waals surface area contributed by atoms with Gasteiger partial charge in [-0.15, -0.1) is 0 Å². The molecule has 0 radical (unpaired) electrons. The first-order chi connectivity index (χ1) is 12.7. The molecule has 0 atom stereocenters. The van der Waals surface area contributed by atoms with Gasteiger partial charge in [0, 0.05) is 6.54 Å². The summed E-state index contributed by atoms with van der Waals surface area (Å²) in [5.41, 5.74) is 2.43. The number of esters is 1. The second kappa shape index (κ2) is 8.58. The van der Waals surface area contributed by atoms with E-state index in [9.17, 15) is 9.59 Å². The predicted molar refractivity (Wildman–Crippen MR) is 103 cm³/mol. The van der Waals surface area contributed by atoms with Crippen molar-refractivity contribution in [1.29, 1.82) is 0 Å². The molecule has 0 saturated carbocycles. The predicted octanol–water partition coefficient (Wildman–Crippen LogP) is 4.17. The lowest BCUT2D eigenvalue weighted by Crippen LogP contribution is -2.32. The molecule has 144 valence electrons. The van der Waals surface area contributed by atoms with Crippen LogP contribution in [0.1, 0.15) is 36.7 Å². The molecule has 6 heteroatoms. The number of hydrogen-bond acceptors (Lipinski definition) is 5. The lowest BCUT2D eigenvalue weighted by atomic mass is 9.97. The molecule has 2 aromatic rings. The second-order valence-corrected chi connectivity index (χ2v) is 6.95. The number of benzene rings is 2. The van der Waals surface area contributed by atoms with Gasteiger partial charge in [0.1, 0.15) is 11.4 Å². The Morgan fingerprint density at radius 2 is 1.78 bits per heavy atom. The van der Waals surface area contributed by atoms with Gasteiger partial charge in [0.2, 0.25) is 0 Å². The first-order valence-electron chi connectivity index (χ1n) is 8.56. The number of ether oxygens (including phenoxy) is 3. The third kappa shape index (κ3) is 5.74. The second-order valence-electron chi connectivity index (χ2n) is 6.95. The van der Waals surface area contributed by atoms with Crippen molar-refractivity contribution in [3.8, 4) is 16.9 Å². The summed E-state index contributed by atoms with van der Waals surface area (Å²) in [6.07, 6.45) is -0.500. The summed E-state index contributed by atoms with van der Waals surface area (Å²) in [6, 6.07) is 12.7. The van der Waals surface area contributed by atoms with E-state index >= 15 is 0 Å². The van der Waals surface area contributed by atoms with Crippen molar-refractivity contribution in [2.24, 2.45) is 0 Å². The summed E-state index contributed by atoms with van der Waals surface area (Å²) >= 11 is 0. The van der Waals surface area contributed by atoms with Crippen LogP contribution in [0, 0.1) is 0 Å². The third-order valence-corrected chi connectivity index (χ3v) is 3.73. The van der Waals surface area contributed by atoms with Crippen LogP contribution in [-0.4, -0.2) is 31.9 Å². The van der Waals surface area contributed by atoms with Gasteiger partial charge < -0.3 is 19.5 Å². The molecule has 2 aromatic carbocycles. The van der Waals surface area contributed by atoms with Gasteiger partial charge in [-0.05, 0) is 61.7 Å². The maximum atomic E-state index is 12.0. The number of alkyl carbamates (subject to hydrolysis) is 1. The van der Waals surface area contributed by atoms with Gasteiger partial charge in [-0.2, -0.15) is 0 Å². The van der Waals surface area contributed by atoms with Crippen molar-refractivity contribution in [2.75, 3.05) is 14.2 Å².